The van der Waals surface area contributed by atoms with Crippen molar-refractivity contribution >= 4 is 9.84 Å². The van der Waals surface area contributed by atoms with Gasteiger partial charge in [-0.1, -0.05) is 13.0 Å². The largest absolute Gasteiger partial charge is 0.481 e. The Morgan fingerprint density at radius 2 is 2.22 bits per heavy atom. The van der Waals surface area contributed by atoms with Crippen LogP contribution < -0.4 is 10.5 Å². The molecule has 1 aromatic heterocycles. The van der Waals surface area contributed by atoms with Crippen LogP contribution in [0.1, 0.15) is 31.4 Å². The standard InChI is InChI=1S/C12H20N2O3S/c1-3-18(15,16)9-5-7-11(13)10-6-4-8-14-12(10)17-2/h4,6,8,11H,3,5,7,9,13H2,1-2H3. The first kappa shape index (κ1) is 14.9. The fourth-order valence-electron chi connectivity index (χ4n) is 1.68. The van der Waals surface area contributed by atoms with Crippen LogP contribution in [-0.4, -0.2) is 32.0 Å². The van der Waals surface area contributed by atoms with Gasteiger partial charge in [-0.05, 0) is 18.9 Å². The highest BCUT2D eigenvalue weighted by Gasteiger charge is 2.14. The monoisotopic (exact) mass is 272 g/mol. The molecule has 5 nitrogen and oxygen atoms in total. The van der Waals surface area contributed by atoms with Crippen molar-refractivity contribution in [2.24, 2.45) is 5.73 Å². The molecular formula is C12H20N2O3S. The summed E-state index contributed by atoms with van der Waals surface area (Å²) in [5.74, 6) is 0.862. The zero-order valence-corrected chi connectivity index (χ0v) is 11.6. The van der Waals surface area contributed by atoms with Crippen LogP contribution in [0.3, 0.4) is 0 Å². The third-order valence-electron chi connectivity index (χ3n) is 2.80. The molecule has 0 aromatic carbocycles. The lowest BCUT2D eigenvalue weighted by Gasteiger charge is -2.14. The Bertz CT molecular complexity index is 474. The summed E-state index contributed by atoms with van der Waals surface area (Å²) in [6.45, 7) is 1.65. The first-order valence-corrected chi connectivity index (χ1v) is 7.77. The lowest BCUT2D eigenvalue weighted by molar-refractivity contribution is 0.387. The minimum atomic E-state index is -2.92. The van der Waals surface area contributed by atoms with Crippen LogP contribution in [-0.2, 0) is 9.84 Å². The molecule has 1 unspecified atom stereocenters. The first-order chi connectivity index (χ1) is 8.50. The average Bonchev–Trinajstić information content (AvgIpc) is 2.38. The summed E-state index contributed by atoms with van der Waals surface area (Å²) in [6, 6.07) is 3.39. The molecule has 1 rings (SSSR count). The van der Waals surface area contributed by atoms with E-state index in [-0.39, 0.29) is 17.5 Å². The zero-order valence-electron chi connectivity index (χ0n) is 10.8. The van der Waals surface area contributed by atoms with Crippen LogP contribution in [0.2, 0.25) is 0 Å². The molecule has 0 amide bonds. The van der Waals surface area contributed by atoms with Gasteiger partial charge in [0, 0.05) is 23.6 Å². The molecule has 6 heteroatoms. The normalized spacial score (nSPS) is 13.3. The number of hydrogen-bond donors (Lipinski definition) is 1. The molecule has 0 radical (unpaired) electrons. The topological polar surface area (TPSA) is 82.3 Å². The van der Waals surface area contributed by atoms with Gasteiger partial charge >= 0.3 is 0 Å². The van der Waals surface area contributed by atoms with E-state index in [4.69, 9.17) is 10.5 Å². The number of methoxy groups -OCH3 is 1. The molecule has 0 fully saturated rings. The molecule has 0 aliphatic carbocycles. The Kier molecular flexibility index (Phi) is 5.55. The fourth-order valence-corrected chi connectivity index (χ4v) is 2.57. The highest BCUT2D eigenvalue weighted by molar-refractivity contribution is 7.91. The van der Waals surface area contributed by atoms with E-state index in [1.54, 1.807) is 26.3 Å². The smallest absolute Gasteiger partial charge is 0.217 e. The van der Waals surface area contributed by atoms with Gasteiger partial charge in [-0.2, -0.15) is 0 Å². The van der Waals surface area contributed by atoms with Gasteiger partial charge < -0.3 is 10.5 Å². The van der Waals surface area contributed by atoms with Gasteiger partial charge in [0.25, 0.3) is 0 Å². The van der Waals surface area contributed by atoms with E-state index in [1.807, 2.05) is 6.07 Å². The van der Waals surface area contributed by atoms with E-state index in [9.17, 15) is 8.42 Å². The van der Waals surface area contributed by atoms with E-state index in [2.05, 4.69) is 4.98 Å². The number of nitrogens with two attached hydrogens (primary N) is 1. The summed E-state index contributed by atoms with van der Waals surface area (Å²) in [4.78, 5) is 4.07. The Labute approximate surface area is 108 Å². The zero-order chi connectivity index (χ0) is 13.6. The number of sulfone groups is 1. The lowest BCUT2D eigenvalue weighted by atomic mass is 10.1. The van der Waals surface area contributed by atoms with E-state index >= 15 is 0 Å². The minimum Gasteiger partial charge on any atom is -0.481 e. The van der Waals surface area contributed by atoms with E-state index < -0.39 is 9.84 Å². The quantitative estimate of drug-likeness (QED) is 0.809. The predicted octanol–water partition coefficient (Wildman–Crippen LogP) is 1.30. The molecule has 1 heterocycles. The Balaban J connectivity index is 2.58. The highest BCUT2D eigenvalue weighted by Crippen LogP contribution is 2.23. The number of nitrogens with zero attached hydrogens (tertiary/aromatic N) is 1. The second kappa shape index (κ2) is 6.70. The van der Waals surface area contributed by atoms with Gasteiger partial charge in [0.05, 0.1) is 12.9 Å². The minimum absolute atomic E-state index is 0.179. The van der Waals surface area contributed by atoms with Gasteiger partial charge in [0.15, 0.2) is 0 Å². The number of pyridine rings is 1. The number of hydrogen-bond acceptors (Lipinski definition) is 5. The maximum Gasteiger partial charge on any atom is 0.217 e. The van der Waals surface area contributed by atoms with E-state index in [1.165, 1.54) is 0 Å². The second-order valence-corrected chi connectivity index (χ2v) is 6.56. The van der Waals surface area contributed by atoms with Crippen LogP contribution in [0.5, 0.6) is 5.88 Å². The van der Waals surface area contributed by atoms with Crippen molar-refractivity contribution in [2.75, 3.05) is 18.6 Å². The molecule has 1 aromatic rings. The third-order valence-corrected chi connectivity index (χ3v) is 4.59. The lowest BCUT2D eigenvalue weighted by Crippen LogP contribution is -2.15. The Hall–Kier alpha value is -1.14. The Morgan fingerprint density at radius 1 is 1.50 bits per heavy atom. The molecule has 0 bridgehead atoms. The maximum absolute atomic E-state index is 11.4. The van der Waals surface area contributed by atoms with Crippen LogP contribution >= 0.6 is 0 Å². The van der Waals surface area contributed by atoms with Crippen molar-refractivity contribution in [3.63, 3.8) is 0 Å². The van der Waals surface area contributed by atoms with Gasteiger partial charge in [-0.15, -0.1) is 0 Å². The Morgan fingerprint density at radius 3 is 2.83 bits per heavy atom. The number of aromatic nitrogens is 1. The van der Waals surface area contributed by atoms with E-state index in [0.717, 1.165) is 5.56 Å². The van der Waals surface area contributed by atoms with Gasteiger partial charge in [-0.25, -0.2) is 13.4 Å². The van der Waals surface area contributed by atoms with Gasteiger partial charge in [0.1, 0.15) is 9.84 Å². The molecule has 0 spiro atoms. The fraction of sp³-hybridized carbons (Fsp3) is 0.583. The number of ether oxygens (including phenoxy) is 1. The molecule has 0 aliphatic rings. The van der Waals surface area contributed by atoms with Crippen molar-refractivity contribution in [1.29, 1.82) is 0 Å². The van der Waals surface area contributed by atoms with E-state index in [0.29, 0.717) is 18.7 Å². The SMILES string of the molecule is CCS(=O)(=O)CCCC(N)c1cccnc1OC. The van der Waals surface area contributed by atoms with Crippen molar-refractivity contribution in [1.82, 2.24) is 4.98 Å². The summed E-state index contributed by atoms with van der Waals surface area (Å²) >= 11 is 0. The van der Waals surface area contributed by atoms with Crippen molar-refractivity contribution in [3.05, 3.63) is 23.9 Å². The second-order valence-electron chi connectivity index (χ2n) is 4.09. The van der Waals surface area contributed by atoms with Gasteiger partial charge in [-0.3, -0.25) is 0 Å². The first-order valence-electron chi connectivity index (χ1n) is 5.95. The van der Waals surface area contributed by atoms with Crippen molar-refractivity contribution < 1.29 is 13.2 Å². The van der Waals surface area contributed by atoms with Crippen LogP contribution in [0.25, 0.3) is 0 Å². The molecule has 18 heavy (non-hydrogen) atoms. The molecule has 0 saturated heterocycles. The molecule has 2 N–H and O–H groups in total. The summed E-state index contributed by atoms with van der Waals surface area (Å²) < 4.78 is 27.9. The van der Waals surface area contributed by atoms with Crippen LogP contribution in [0.4, 0.5) is 0 Å². The number of rotatable bonds is 7. The third kappa shape index (κ3) is 4.27. The molecule has 0 saturated carbocycles. The molecular weight excluding hydrogens is 252 g/mol. The van der Waals surface area contributed by atoms with Gasteiger partial charge in [0.2, 0.25) is 5.88 Å². The molecule has 0 aliphatic heterocycles. The van der Waals surface area contributed by atoms with Crippen molar-refractivity contribution in [3.8, 4) is 5.88 Å². The summed E-state index contributed by atoms with van der Waals surface area (Å²) in [5.41, 5.74) is 6.84. The summed E-state index contributed by atoms with van der Waals surface area (Å²) in [5, 5.41) is 0. The van der Waals surface area contributed by atoms with Crippen LogP contribution in [0, 0.1) is 0 Å². The van der Waals surface area contributed by atoms with Crippen molar-refractivity contribution in [2.45, 2.75) is 25.8 Å². The van der Waals surface area contributed by atoms with Crippen LogP contribution in [0.15, 0.2) is 18.3 Å². The maximum atomic E-state index is 11.4. The summed E-state index contributed by atoms with van der Waals surface area (Å²) in [6.07, 6.45) is 2.78. The summed E-state index contributed by atoms with van der Waals surface area (Å²) in [7, 11) is -1.37. The molecule has 102 valence electrons. The highest BCUT2D eigenvalue weighted by atomic mass is 32.2. The average molecular weight is 272 g/mol. The predicted molar refractivity (Wildman–Crippen MR) is 71.3 cm³/mol. The molecule has 1 atom stereocenters.